The molecule has 0 amide bonds. The van der Waals surface area contributed by atoms with E-state index in [2.05, 4.69) is 6.92 Å². The van der Waals surface area contributed by atoms with Crippen molar-refractivity contribution in [1.82, 2.24) is 0 Å². The van der Waals surface area contributed by atoms with Gasteiger partial charge in [-0.2, -0.15) is 0 Å². The Kier molecular flexibility index (Phi) is 6.03. The standard InChI is InChI=1S/C19H22O4/c1-3-4-5-12-23-15-8-6-14(7-9-15)18-13-16(22-2)10-11-17(18)19(20)21/h6-11,13H,3-5,12H2,1-2H3,(H,20,21). The molecule has 2 aromatic rings. The highest BCUT2D eigenvalue weighted by atomic mass is 16.5. The number of ether oxygens (including phenoxy) is 2. The van der Waals surface area contributed by atoms with Gasteiger partial charge in [-0.25, -0.2) is 4.79 Å². The van der Waals surface area contributed by atoms with Gasteiger partial charge in [-0.05, 0) is 47.9 Å². The molecule has 0 aromatic heterocycles. The van der Waals surface area contributed by atoms with Crippen LogP contribution in [0.2, 0.25) is 0 Å². The Morgan fingerprint density at radius 1 is 1.04 bits per heavy atom. The first-order valence-electron chi connectivity index (χ1n) is 7.80. The normalized spacial score (nSPS) is 10.3. The second kappa shape index (κ2) is 8.22. The van der Waals surface area contributed by atoms with Gasteiger partial charge in [0.25, 0.3) is 0 Å². The Bertz CT molecular complexity index is 647. The number of benzene rings is 2. The number of aromatic carboxylic acids is 1. The summed E-state index contributed by atoms with van der Waals surface area (Å²) in [5.74, 6) is 0.470. The molecule has 122 valence electrons. The topological polar surface area (TPSA) is 55.8 Å². The van der Waals surface area contributed by atoms with Crippen LogP contribution in [0.15, 0.2) is 42.5 Å². The molecule has 0 atom stereocenters. The van der Waals surface area contributed by atoms with E-state index < -0.39 is 5.97 Å². The maximum atomic E-state index is 11.4. The number of carboxylic acid groups (broad SMARTS) is 1. The van der Waals surface area contributed by atoms with Gasteiger partial charge in [0, 0.05) is 0 Å². The number of unbranched alkanes of at least 4 members (excludes halogenated alkanes) is 2. The average molecular weight is 314 g/mol. The smallest absolute Gasteiger partial charge is 0.336 e. The Morgan fingerprint density at radius 3 is 2.35 bits per heavy atom. The second-order valence-corrected chi connectivity index (χ2v) is 5.30. The summed E-state index contributed by atoms with van der Waals surface area (Å²) in [4.78, 5) is 11.4. The minimum absolute atomic E-state index is 0.252. The highest BCUT2D eigenvalue weighted by Gasteiger charge is 2.13. The van der Waals surface area contributed by atoms with Crippen molar-refractivity contribution in [3.05, 3.63) is 48.0 Å². The number of methoxy groups -OCH3 is 1. The monoisotopic (exact) mass is 314 g/mol. The van der Waals surface area contributed by atoms with Crippen molar-refractivity contribution in [2.24, 2.45) is 0 Å². The van der Waals surface area contributed by atoms with Crippen molar-refractivity contribution in [3.8, 4) is 22.6 Å². The maximum Gasteiger partial charge on any atom is 0.336 e. The molecule has 2 rings (SSSR count). The van der Waals surface area contributed by atoms with Crippen molar-refractivity contribution in [3.63, 3.8) is 0 Å². The van der Waals surface area contributed by atoms with E-state index in [1.54, 1.807) is 25.3 Å². The molecule has 0 heterocycles. The van der Waals surface area contributed by atoms with Crippen LogP contribution in [-0.4, -0.2) is 24.8 Å². The van der Waals surface area contributed by atoms with Gasteiger partial charge in [0.05, 0.1) is 19.3 Å². The predicted octanol–water partition coefficient (Wildman–Crippen LogP) is 4.63. The maximum absolute atomic E-state index is 11.4. The Hall–Kier alpha value is -2.49. The van der Waals surface area contributed by atoms with Gasteiger partial charge in [0.15, 0.2) is 0 Å². The van der Waals surface area contributed by atoms with Gasteiger partial charge in [0.2, 0.25) is 0 Å². The molecule has 0 fully saturated rings. The molecule has 4 nitrogen and oxygen atoms in total. The van der Waals surface area contributed by atoms with E-state index in [-0.39, 0.29) is 5.56 Å². The zero-order valence-corrected chi connectivity index (χ0v) is 13.5. The van der Waals surface area contributed by atoms with Crippen LogP contribution < -0.4 is 9.47 Å². The van der Waals surface area contributed by atoms with Gasteiger partial charge in [0.1, 0.15) is 11.5 Å². The zero-order chi connectivity index (χ0) is 16.7. The quantitative estimate of drug-likeness (QED) is 0.722. The number of hydrogen-bond acceptors (Lipinski definition) is 3. The van der Waals surface area contributed by atoms with Crippen molar-refractivity contribution in [2.75, 3.05) is 13.7 Å². The van der Waals surface area contributed by atoms with Crippen molar-refractivity contribution >= 4 is 5.97 Å². The van der Waals surface area contributed by atoms with Crippen molar-refractivity contribution < 1.29 is 19.4 Å². The summed E-state index contributed by atoms with van der Waals surface area (Å²) in [6.07, 6.45) is 3.36. The minimum atomic E-state index is -0.956. The van der Waals surface area contributed by atoms with Crippen LogP contribution in [0.3, 0.4) is 0 Å². The largest absolute Gasteiger partial charge is 0.497 e. The number of rotatable bonds is 8. The number of carboxylic acids is 1. The molecular weight excluding hydrogens is 292 g/mol. The molecule has 0 unspecified atom stereocenters. The zero-order valence-electron chi connectivity index (χ0n) is 13.5. The summed E-state index contributed by atoms with van der Waals surface area (Å²) in [6.45, 7) is 2.86. The molecule has 0 saturated carbocycles. The van der Waals surface area contributed by atoms with Crippen LogP contribution in [0, 0.1) is 0 Å². The Labute approximate surface area is 136 Å². The molecule has 0 radical (unpaired) electrons. The molecule has 23 heavy (non-hydrogen) atoms. The molecule has 0 aliphatic carbocycles. The summed E-state index contributed by atoms with van der Waals surface area (Å²) >= 11 is 0. The molecular formula is C19H22O4. The lowest BCUT2D eigenvalue weighted by atomic mass is 9.99. The van der Waals surface area contributed by atoms with E-state index in [4.69, 9.17) is 9.47 Å². The third kappa shape index (κ3) is 4.49. The molecule has 0 aliphatic rings. The molecule has 4 heteroatoms. The van der Waals surface area contributed by atoms with E-state index in [1.807, 2.05) is 24.3 Å². The van der Waals surface area contributed by atoms with Crippen molar-refractivity contribution in [1.29, 1.82) is 0 Å². The van der Waals surface area contributed by atoms with E-state index in [1.165, 1.54) is 0 Å². The lowest BCUT2D eigenvalue weighted by Crippen LogP contribution is -2.00. The second-order valence-electron chi connectivity index (χ2n) is 5.30. The van der Waals surface area contributed by atoms with E-state index in [9.17, 15) is 9.90 Å². The molecule has 0 saturated heterocycles. The van der Waals surface area contributed by atoms with Crippen LogP contribution in [0.5, 0.6) is 11.5 Å². The summed E-state index contributed by atoms with van der Waals surface area (Å²) in [7, 11) is 1.56. The van der Waals surface area contributed by atoms with Gasteiger partial charge >= 0.3 is 5.97 Å². The average Bonchev–Trinajstić information content (AvgIpc) is 2.58. The van der Waals surface area contributed by atoms with E-state index >= 15 is 0 Å². The Morgan fingerprint density at radius 2 is 1.74 bits per heavy atom. The fraction of sp³-hybridized carbons (Fsp3) is 0.316. The first-order chi connectivity index (χ1) is 11.2. The summed E-state index contributed by atoms with van der Waals surface area (Å²) in [5.41, 5.74) is 1.71. The van der Waals surface area contributed by atoms with Gasteiger partial charge < -0.3 is 14.6 Å². The van der Waals surface area contributed by atoms with Crippen LogP contribution in [0.4, 0.5) is 0 Å². The highest BCUT2D eigenvalue weighted by molar-refractivity contribution is 5.96. The highest BCUT2D eigenvalue weighted by Crippen LogP contribution is 2.29. The fourth-order valence-electron chi connectivity index (χ4n) is 2.35. The number of carbonyl (C=O) groups is 1. The van der Waals surface area contributed by atoms with Gasteiger partial charge in [-0.15, -0.1) is 0 Å². The molecule has 1 N–H and O–H groups in total. The third-order valence-electron chi connectivity index (χ3n) is 3.64. The molecule has 2 aromatic carbocycles. The van der Waals surface area contributed by atoms with Gasteiger partial charge in [-0.1, -0.05) is 31.9 Å². The summed E-state index contributed by atoms with van der Waals surface area (Å²) < 4.78 is 10.9. The molecule has 0 bridgehead atoms. The summed E-state index contributed by atoms with van der Waals surface area (Å²) in [6, 6.07) is 12.4. The Balaban J connectivity index is 2.19. The van der Waals surface area contributed by atoms with Gasteiger partial charge in [-0.3, -0.25) is 0 Å². The summed E-state index contributed by atoms with van der Waals surface area (Å²) in [5, 5.41) is 9.35. The lowest BCUT2D eigenvalue weighted by molar-refractivity contribution is 0.0697. The first kappa shape index (κ1) is 16.9. The first-order valence-corrected chi connectivity index (χ1v) is 7.80. The minimum Gasteiger partial charge on any atom is -0.497 e. The lowest BCUT2D eigenvalue weighted by Gasteiger charge is -2.10. The van der Waals surface area contributed by atoms with Crippen LogP contribution in [0.1, 0.15) is 36.5 Å². The van der Waals surface area contributed by atoms with Crippen molar-refractivity contribution in [2.45, 2.75) is 26.2 Å². The predicted molar refractivity (Wildman–Crippen MR) is 90.4 cm³/mol. The van der Waals surface area contributed by atoms with Crippen LogP contribution in [0.25, 0.3) is 11.1 Å². The van der Waals surface area contributed by atoms with Crippen LogP contribution in [-0.2, 0) is 0 Å². The van der Waals surface area contributed by atoms with E-state index in [0.29, 0.717) is 17.9 Å². The van der Waals surface area contributed by atoms with E-state index in [0.717, 1.165) is 30.6 Å². The fourth-order valence-corrected chi connectivity index (χ4v) is 2.35. The SMILES string of the molecule is CCCCCOc1ccc(-c2cc(OC)ccc2C(=O)O)cc1. The van der Waals surface area contributed by atoms with Crippen LogP contribution >= 0.6 is 0 Å². The molecule has 0 aliphatic heterocycles. The molecule has 0 spiro atoms. The third-order valence-corrected chi connectivity index (χ3v) is 3.64. The number of hydrogen-bond donors (Lipinski definition) is 1.